The first-order chi connectivity index (χ1) is 10.3. The quantitative estimate of drug-likeness (QED) is 0.216. The van der Waals surface area contributed by atoms with Crippen molar-refractivity contribution in [3.05, 3.63) is 0 Å². The third kappa shape index (κ3) is 11.8. The third-order valence-corrected chi connectivity index (χ3v) is 4.25. The van der Waals surface area contributed by atoms with Gasteiger partial charge in [-0.2, -0.15) is 0 Å². The zero-order chi connectivity index (χ0) is 15.8. The van der Waals surface area contributed by atoms with Gasteiger partial charge in [0.25, 0.3) is 0 Å². The van der Waals surface area contributed by atoms with Gasteiger partial charge in [0.2, 0.25) is 0 Å². The molecule has 0 aliphatic carbocycles. The largest absolute Gasteiger partial charge is 0.361 e. The second-order valence-corrected chi connectivity index (χ2v) is 6.01. The molecule has 21 heavy (non-hydrogen) atoms. The second-order valence-electron chi connectivity index (χ2n) is 6.01. The number of hydrogen-bond acceptors (Lipinski definition) is 1. The van der Waals surface area contributed by atoms with Gasteiger partial charge in [-0.3, -0.25) is 4.99 Å². The first-order valence-corrected chi connectivity index (χ1v) is 9.58. The first-order valence-electron chi connectivity index (χ1n) is 9.58. The number of hydrogen-bond donors (Lipinski definition) is 0. The first kappa shape index (κ1) is 20.5. The molecule has 0 aromatic carbocycles. The van der Waals surface area contributed by atoms with Gasteiger partial charge in [0.1, 0.15) is 0 Å². The van der Waals surface area contributed by atoms with Gasteiger partial charge in [0, 0.05) is 26.1 Å². The zero-order valence-electron chi connectivity index (χ0n) is 15.3. The Morgan fingerprint density at radius 2 is 1.14 bits per heavy atom. The summed E-state index contributed by atoms with van der Waals surface area (Å²) >= 11 is 0. The van der Waals surface area contributed by atoms with Crippen molar-refractivity contribution in [2.75, 3.05) is 19.6 Å². The topological polar surface area (TPSA) is 15.6 Å². The highest BCUT2D eigenvalue weighted by molar-refractivity contribution is 5.81. The van der Waals surface area contributed by atoms with E-state index in [1.54, 1.807) is 0 Å². The lowest BCUT2D eigenvalue weighted by molar-refractivity contribution is 0.454. The number of amidine groups is 1. The summed E-state index contributed by atoms with van der Waals surface area (Å²) in [5.41, 5.74) is 0. The summed E-state index contributed by atoms with van der Waals surface area (Å²) < 4.78 is 0. The van der Waals surface area contributed by atoms with E-state index in [0.29, 0.717) is 0 Å². The normalized spacial score (nSPS) is 11.9. The molecule has 0 amide bonds. The van der Waals surface area contributed by atoms with E-state index < -0.39 is 0 Å². The van der Waals surface area contributed by atoms with Crippen LogP contribution in [0.5, 0.6) is 0 Å². The Morgan fingerprint density at radius 1 is 0.667 bits per heavy atom. The highest BCUT2D eigenvalue weighted by atomic mass is 15.2. The van der Waals surface area contributed by atoms with Crippen molar-refractivity contribution in [3.63, 3.8) is 0 Å². The van der Waals surface area contributed by atoms with Crippen LogP contribution in [0.25, 0.3) is 0 Å². The number of aliphatic imine (C=N–C) groups is 1. The lowest BCUT2D eigenvalue weighted by atomic mass is 10.1. The maximum absolute atomic E-state index is 4.79. The molecule has 0 spiro atoms. The Hall–Kier alpha value is -0.530. The molecule has 0 unspecified atom stereocenters. The monoisotopic (exact) mass is 296 g/mol. The molecule has 2 nitrogen and oxygen atoms in total. The lowest BCUT2D eigenvalue weighted by Gasteiger charge is -2.22. The van der Waals surface area contributed by atoms with Crippen molar-refractivity contribution < 1.29 is 0 Å². The standard InChI is InChI=1S/C19H40N2/c1-5-9-10-11-12-13-14-15-16-17-18-20-19(6-2)21(7-3)8-4/h5-18H2,1-4H3. The van der Waals surface area contributed by atoms with E-state index in [9.17, 15) is 0 Å². The molecule has 0 saturated heterocycles. The van der Waals surface area contributed by atoms with Crippen molar-refractivity contribution in [1.82, 2.24) is 4.90 Å². The summed E-state index contributed by atoms with van der Waals surface area (Å²) in [5.74, 6) is 1.30. The fraction of sp³-hybridized carbons (Fsp3) is 0.947. The average Bonchev–Trinajstić information content (AvgIpc) is 2.51. The van der Waals surface area contributed by atoms with Crippen LogP contribution >= 0.6 is 0 Å². The summed E-state index contributed by atoms with van der Waals surface area (Å²) in [6.07, 6.45) is 15.1. The molecule has 0 atom stereocenters. The van der Waals surface area contributed by atoms with Gasteiger partial charge in [0.15, 0.2) is 0 Å². The van der Waals surface area contributed by atoms with Crippen LogP contribution in [0, 0.1) is 0 Å². The highest BCUT2D eigenvalue weighted by Gasteiger charge is 2.03. The minimum absolute atomic E-state index is 1.02. The summed E-state index contributed by atoms with van der Waals surface area (Å²) in [4.78, 5) is 7.18. The molecule has 0 aromatic rings. The van der Waals surface area contributed by atoms with Crippen LogP contribution in [0.3, 0.4) is 0 Å². The van der Waals surface area contributed by atoms with Gasteiger partial charge < -0.3 is 4.90 Å². The molecule has 0 aliphatic rings. The second kappa shape index (κ2) is 15.9. The molecule has 0 saturated carbocycles. The Kier molecular flexibility index (Phi) is 15.5. The average molecular weight is 297 g/mol. The zero-order valence-corrected chi connectivity index (χ0v) is 15.3. The molecule has 0 rings (SSSR count). The number of unbranched alkanes of at least 4 members (excludes halogenated alkanes) is 9. The maximum Gasteiger partial charge on any atom is 0.0985 e. The van der Waals surface area contributed by atoms with E-state index in [-0.39, 0.29) is 0 Å². The van der Waals surface area contributed by atoms with E-state index >= 15 is 0 Å². The maximum atomic E-state index is 4.79. The fourth-order valence-corrected chi connectivity index (χ4v) is 2.83. The fourth-order valence-electron chi connectivity index (χ4n) is 2.83. The van der Waals surface area contributed by atoms with Gasteiger partial charge in [-0.1, -0.05) is 71.6 Å². The summed E-state index contributed by atoms with van der Waals surface area (Å²) in [6, 6.07) is 0. The van der Waals surface area contributed by atoms with E-state index in [1.165, 1.54) is 70.0 Å². The van der Waals surface area contributed by atoms with Gasteiger partial charge in [0.05, 0.1) is 5.84 Å². The van der Waals surface area contributed by atoms with Gasteiger partial charge >= 0.3 is 0 Å². The van der Waals surface area contributed by atoms with Crippen molar-refractivity contribution in [1.29, 1.82) is 0 Å². The molecule has 0 radical (unpaired) electrons. The van der Waals surface area contributed by atoms with E-state index in [2.05, 4.69) is 32.6 Å². The van der Waals surface area contributed by atoms with Crippen LogP contribution < -0.4 is 0 Å². The van der Waals surface area contributed by atoms with Crippen molar-refractivity contribution in [2.24, 2.45) is 4.99 Å². The van der Waals surface area contributed by atoms with Crippen molar-refractivity contribution >= 4 is 5.84 Å². The predicted molar refractivity (Wildman–Crippen MR) is 97.4 cm³/mol. The minimum Gasteiger partial charge on any atom is -0.361 e. The minimum atomic E-state index is 1.02. The Morgan fingerprint density at radius 3 is 1.57 bits per heavy atom. The van der Waals surface area contributed by atoms with Crippen LogP contribution in [0.2, 0.25) is 0 Å². The van der Waals surface area contributed by atoms with E-state index in [0.717, 1.165) is 26.1 Å². The van der Waals surface area contributed by atoms with E-state index in [1.807, 2.05) is 0 Å². The summed E-state index contributed by atoms with van der Waals surface area (Å²) in [7, 11) is 0. The summed E-state index contributed by atoms with van der Waals surface area (Å²) in [6.45, 7) is 12.1. The molecule has 0 aliphatic heterocycles. The molecule has 0 N–H and O–H groups in total. The van der Waals surface area contributed by atoms with Crippen molar-refractivity contribution in [2.45, 2.75) is 98.3 Å². The van der Waals surface area contributed by atoms with Crippen LogP contribution in [0.4, 0.5) is 0 Å². The van der Waals surface area contributed by atoms with Crippen LogP contribution in [-0.2, 0) is 0 Å². The smallest absolute Gasteiger partial charge is 0.0985 e. The SMILES string of the molecule is CCCCCCCCCCCCN=C(CC)N(CC)CC. The Bertz CT molecular complexity index is 232. The Labute approximate surface area is 134 Å². The van der Waals surface area contributed by atoms with Crippen LogP contribution in [0.15, 0.2) is 4.99 Å². The van der Waals surface area contributed by atoms with Gasteiger partial charge in [-0.05, 0) is 20.3 Å². The molecule has 2 heteroatoms. The molecule has 0 heterocycles. The molecule has 0 bridgehead atoms. The third-order valence-electron chi connectivity index (χ3n) is 4.25. The highest BCUT2D eigenvalue weighted by Crippen LogP contribution is 2.10. The van der Waals surface area contributed by atoms with Crippen molar-refractivity contribution in [3.8, 4) is 0 Å². The number of nitrogens with zero attached hydrogens (tertiary/aromatic N) is 2. The van der Waals surface area contributed by atoms with E-state index in [4.69, 9.17) is 4.99 Å². The molecular formula is C19H40N2. The predicted octanol–water partition coefficient (Wildman–Crippen LogP) is 6.06. The molecule has 126 valence electrons. The molecule has 0 fully saturated rings. The number of rotatable bonds is 14. The summed E-state index contributed by atoms with van der Waals surface area (Å²) in [5, 5.41) is 0. The molecular weight excluding hydrogens is 256 g/mol. The van der Waals surface area contributed by atoms with Crippen LogP contribution in [0.1, 0.15) is 98.3 Å². The lowest BCUT2D eigenvalue weighted by Crippen LogP contribution is -2.30. The Balaban J connectivity index is 3.49. The molecule has 0 aromatic heterocycles. The van der Waals surface area contributed by atoms with Gasteiger partial charge in [-0.15, -0.1) is 0 Å². The van der Waals surface area contributed by atoms with Gasteiger partial charge in [-0.25, -0.2) is 0 Å². The van der Waals surface area contributed by atoms with Crippen LogP contribution in [-0.4, -0.2) is 30.4 Å².